The fourth-order valence-corrected chi connectivity index (χ4v) is 3.50. The van der Waals surface area contributed by atoms with E-state index in [4.69, 9.17) is 4.74 Å². The average molecular weight is 432 g/mol. The van der Waals surface area contributed by atoms with Gasteiger partial charge in [0.15, 0.2) is 5.78 Å². The zero-order valence-electron chi connectivity index (χ0n) is 17.3. The van der Waals surface area contributed by atoms with Crippen molar-refractivity contribution in [2.75, 3.05) is 18.6 Å². The first kappa shape index (κ1) is 24.7. The van der Waals surface area contributed by atoms with E-state index in [0.29, 0.717) is 11.5 Å². The summed E-state index contributed by atoms with van der Waals surface area (Å²) in [4.78, 5) is 59.7. The van der Waals surface area contributed by atoms with Crippen LogP contribution < -0.4 is 16.0 Å². The number of esters is 1. The van der Waals surface area contributed by atoms with Crippen LogP contribution in [0, 0.1) is 0 Å². The second-order valence-electron chi connectivity index (χ2n) is 7.59. The molecule has 0 unspecified atom stereocenters. The average Bonchev–Trinajstić information content (AvgIpc) is 2.78. The quantitative estimate of drug-likeness (QED) is 0.484. The number of rotatable bonds is 7. The van der Waals surface area contributed by atoms with Gasteiger partial charge in [0.25, 0.3) is 0 Å². The summed E-state index contributed by atoms with van der Waals surface area (Å²) in [5, 5.41) is 7.58. The predicted molar refractivity (Wildman–Crippen MR) is 106 cm³/mol. The lowest BCUT2D eigenvalue weighted by Crippen LogP contribution is -2.51. The molecule has 0 saturated carbocycles. The van der Waals surface area contributed by atoms with E-state index in [1.807, 2.05) is 0 Å². The van der Waals surface area contributed by atoms with Crippen molar-refractivity contribution >= 4 is 41.4 Å². The molecule has 1 heterocycles. The molecule has 29 heavy (non-hydrogen) atoms. The highest BCUT2D eigenvalue weighted by Crippen LogP contribution is 2.12. The fourth-order valence-electron chi connectivity index (χ4n) is 2.44. The Morgan fingerprint density at radius 2 is 1.90 bits per heavy atom. The van der Waals surface area contributed by atoms with Crippen molar-refractivity contribution in [3.05, 3.63) is 0 Å². The molecule has 1 rings (SSSR count). The number of hydrogen-bond donors (Lipinski definition) is 3. The molecule has 1 saturated heterocycles. The number of nitrogens with one attached hydrogen (secondary N) is 3. The highest BCUT2D eigenvalue weighted by atomic mass is 32.2. The van der Waals surface area contributed by atoms with E-state index < -0.39 is 47.6 Å². The maximum atomic E-state index is 12.2. The molecule has 0 aromatic carbocycles. The van der Waals surface area contributed by atoms with Crippen molar-refractivity contribution in [2.45, 2.75) is 64.3 Å². The summed E-state index contributed by atoms with van der Waals surface area (Å²) < 4.78 is 9.75. The van der Waals surface area contributed by atoms with Crippen LogP contribution in [0.1, 0.15) is 40.5 Å². The van der Waals surface area contributed by atoms with E-state index in [1.54, 1.807) is 20.8 Å². The Bertz CT molecular complexity index is 648. The molecule has 1 aliphatic rings. The second-order valence-corrected chi connectivity index (χ2v) is 8.66. The maximum Gasteiger partial charge on any atom is 0.408 e. The van der Waals surface area contributed by atoms with Gasteiger partial charge < -0.3 is 25.4 Å². The van der Waals surface area contributed by atoms with Crippen LogP contribution in [0.4, 0.5) is 4.79 Å². The van der Waals surface area contributed by atoms with Crippen molar-refractivity contribution in [3.63, 3.8) is 0 Å². The van der Waals surface area contributed by atoms with E-state index >= 15 is 0 Å². The molecule has 0 aliphatic carbocycles. The van der Waals surface area contributed by atoms with Gasteiger partial charge in [-0.1, -0.05) is 0 Å². The SMILES string of the molecule is COC(=O)[C@H]1CSC[C@H](NC(=O)CC[C@H](NC(=O)OC(C)(C)C)C(C)=O)C(=O)N1. The zero-order valence-corrected chi connectivity index (χ0v) is 18.1. The van der Waals surface area contributed by atoms with E-state index in [0.717, 1.165) is 0 Å². The molecule has 1 fully saturated rings. The van der Waals surface area contributed by atoms with Crippen LogP contribution in [0.5, 0.6) is 0 Å². The minimum absolute atomic E-state index is 0.0622. The van der Waals surface area contributed by atoms with E-state index in [9.17, 15) is 24.0 Å². The van der Waals surface area contributed by atoms with Crippen molar-refractivity contribution in [3.8, 4) is 0 Å². The van der Waals surface area contributed by atoms with Crippen molar-refractivity contribution in [2.24, 2.45) is 0 Å². The number of hydrogen-bond acceptors (Lipinski definition) is 8. The Labute approximate surface area is 174 Å². The summed E-state index contributed by atoms with van der Waals surface area (Å²) in [6.07, 6.45) is -0.756. The van der Waals surface area contributed by atoms with Crippen LogP contribution in [0.15, 0.2) is 0 Å². The van der Waals surface area contributed by atoms with Gasteiger partial charge in [-0.3, -0.25) is 14.4 Å². The molecular weight excluding hydrogens is 402 g/mol. The minimum Gasteiger partial charge on any atom is -0.467 e. The molecule has 3 atom stereocenters. The topological polar surface area (TPSA) is 140 Å². The maximum absolute atomic E-state index is 12.2. The van der Waals surface area contributed by atoms with Crippen LogP contribution in [0.25, 0.3) is 0 Å². The van der Waals surface area contributed by atoms with E-state index in [2.05, 4.69) is 20.7 Å². The second kappa shape index (κ2) is 11.0. The van der Waals surface area contributed by atoms with E-state index in [-0.39, 0.29) is 18.6 Å². The van der Waals surface area contributed by atoms with Crippen molar-refractivity contribution < 1.29 is 33.4 Å². The largest absolute Gasteiger partial charge is 0.467 e. The van der Waals surface area contributed by atoms with Gasteiger partial charge in [-0.15, -0.1) is 0 Å². The number of ketones is 1. The van der Waals surface area contributed by atoms with Crippen molar-refractivity contribution in [1.29, 1.82) is 0 Å². The van der Waals surface area contributed by atoms with Crippen molar-refractivity contribution in [1.82, 2.24) is 16.0 Å². The third kappa shape index (κ3) is 9.16. The molecule has 3 N–H and O–H groups in total. The Morgan fingerprint density at radius 1 is 1.24 bits per heavy atom. The summed E-state index contributed by atoms with van der Waals surface area (Å²) in [6, 6.07) is -2.45. The third-order valence-corrected chi connectivity index (χ3v) is 5.00. The molecule has 0 spiro atoms. The van der Waals surface area contributed by atoms with Crippen LogP contribution in [0.2, 0.25) is 0 Å². The number of alkyl carbamates (subject to hydrolysis) is 1. The number of ether oxygens (including phenoxy) is 2. The highest BCUT2D eigenvalue weighted by molar-refractivity contribution is 7.99. The lowest BCUT2D eigenvalue weighted by molar-refractivity contribution is -0.144. The van der Waals surface area contributed by atoms with Crippen LogP contribution in [-0.4, -0.2) is 72.0 Å². The van der Waals surface area contributed by atoms with Gasteiger partial charge in [-0.05, 0) is 34.1 Å². The van der Waals surface area contributed by atoms with Gasteiger partial charge in [-0.25, -0.2) is 9.59 Å². The fraction of sp³-hybridized carbons (Fsp3) is 0.722. The lowest BCUT2D eigenvalue weighted by atomic mass is 10.1. The molecule has 3 amide bonds. The first-order valence-electron chi connectivity index (χ1n) is 9.18. The zero-order chi connectivity index (χ0) is 22.2. The number of Topliss-reactive ketones (excluding diaryl/α,β-unsaturated/α-hetero) is 1. The molecule has 0 aromatic rings. The number of amides is 3. The van der Waals surface area contributed by atoms with Gasteiger partial charge >= 0.3 is 12.1 Å². The molecule has 0 aromatic heterocycles. The summed E-state index contributed by atoms with van der Waals surface area (Å²) in [5.74, 6) is -1.13. The number of methoxy groups -OCH3 is 1. The van der Waals surface area contributed by atoms with Gasteiger partial charge in [0.05, 0.1) is 13.2 Å². The monoisotopic (exact) mass is 431 g/mol. The number of thioether (sulfide) groups is 1. The molecule has 10 nitrogen and oxygen atoms in total. The van der Waals surface area contributed by atoms with Crippen LogP contribution in [-0.2, 0) is 28.7 Å². The van der Waals surface area contributed by atoms with Crippen LogP contribution in [0.3, 0.4) is 0 Å². The molecular formula is C18H29N3O7S. The molecule has 11 heteroatoms. The van der Waals surface area contributed by atoms with Gasteiger partial charge in [0.1, 0.15) is 17.7 Å². The molecule has 0 bridgehead atoms. The summed E-state index contributed by atoms with van der Waals surface area (Å²) in [7, 11) is 1.24. The summed E-state index contributed by atoms with van der Waals surface area (Å²) in [6.45, 7) is 6.40. The summed E-state index contributed by atoms with van der Waals surface area (Å²) >= 11 is 1.34. The Balaban J connectivity index is 2.55. The first-order valence-corrected chi connectivity index (χ1v) is 10.3. The highest BCUT2D eigenvalue weighted by Gasteiger charge is 2.31. The number of carbonyl (C=O) groups excluding carboxylic acids is 5. The first-order chi connectivity index (χ1) is 13.4. The molecule has 164 valence electrons. The predicted octanol–water partition coefficient (Wildman–Crippen LogP) is 0.138. The third-order valence-electron chi connectivity index (χ3n) is 3.86. The number of carbonyl (C=O) groups is 5. The molecule has 0 radical (unpaired) electrons. The minimum atomic E-state index is -0.878. The smallest absolute Gasteiger partial charge is 0.408 e. The Kier molecular flexibility index (Phi) is 9.41. The van der Waals surface area contributed by atoms with Gasteiger partial charge in [0, 0.05) is 17.9 Å². The van der Waals surface area contributed by atoms with Gasteiger partial charge in [0.2, 0.25) is 11.8 Å². The lowest BCUT2D eigenvalue weighted by Gasteiger charge is -2.22. The van der Waals surface area contributed by atoms with E-state index in [1.165, 1.54) is 25.8 Å². The summed E-state index contributed by atoms with van der Waals surface area (Å²) in [5.41, 5.74) is -0.713. The normalized spacial score (nSPS) is 20.5. The molecule has 1 aliphatic heterocycles. The Hall–Kier alpha value is -2.30. The standard InChI is InChI=1S/C18H29N3O7S/c1-10(22)11(21-17(26)28-18(2,3)4)6-7-14(23)19-12-8-29-9-13(16(25)27-5)20-15(12)24/h11-13H,6-9H2,1-5H3,(H,19,23)(H,20,24)(H,21,26)/t11-,12-,13+/m0/s1. The Morgan fingerprint density at radius 3 is 2.45 bits per heavy atom. The van der Waals surface area contributed by atoms with Crippen LogP contribution >= 0.6 is 11.8 Å². The van der Waals surface area contributed by atoms with Gasteiger partial charge in [-0.2, -0.15) is 11.8 Å².